The van der Waals surface area contributed by atoms with E-state index in [0.29, 0.717) is 16.1 Å². The van der Waals surface area contributed by atoms with Crippen LogP contribution in [0.4, 0.5) is 0 Å². The number of nitrogens with zero attached hydrogens (tertiary/aromatic N) is 3. The maximum Gasteiger partial charge on any atom is 0.142 e. The molecule has 0 bridgehead atoms. The van der Waals surface area contributed by atoms with E-state index < -0.39 is 0 Å². The molecular formula is C8H5Cl2N3. The smallest absolute Gasteiger partial charge is 0.142 e. The minimum Gasteiger partial charge on any atom is -0.244 e. The van der Waals surface area contributed by atoms with E-state index in [-0.39, 0.29) is 0 Å². The van der Waals surface area contributed by atoms with E-state index in [1.54, 1.807) is 19.2 Å². The van der Waals surface area contributed by atoms with Gasteiger partial charge in [-0.3, -0.25) is 0 Å². The van der Waals surface area contributed by atoms with Gasteiger partial charge in [-0.15, -0.1) is 0 Å². The molecule has 3 nitrogen and oxygen atoms in total. The van der Waals surface area contributed by atoms with Crippen molar-refractivity contribution in [3.05, 3.63) is 28.4 Å². The summed E-state index contributed by atoms with van der Waals surface area (Å²) < 4.78 is 0. The molecule has 0 saturated carbocycles. The lowest BCUT2D eigenvalue weighted by molar-refractivity contribution is 1.09. The number of rotatable bonds is 0. The van der Waals surface area contributed by atoms with E-state index in [1.807, 2.05) is 0 Å². The predicted octanol–water partition coefficient (Wildman–Crippen LogP) is 2.64. The normalized spacial score (nSPS) is 10.7. The Hall–Kier alpha value is -0.930. The molecule has 2 rings (SSSR count). The zero-order chi connectivity index (χ0) is 9.42. The fourth-order valence-corrected chi connectivity index (χ4v) is 1.49. The Morgan fingerprint density at radius 2 is 2.00 bits per heavy atom. The minimum absolute atomic E-state index is 0.404. The van der Waals surface area contributed by atoms with Crippen LogP contribution < -0.4 is 0 Å². The summed E-state index contributed by atoms with van der Waals surface area (Å²) in [5, 5.41) is 1.53. The maximum atomic E-state index is 5.88. The molecule has 13 heavy (non-hydrogen) atoms. The van der Waals surface area contributed by atoms with Crippen LogP contribution in [0.25, 0.3) is 10.9 Å². The number of aromatic nitrogens is 3. The van der Waals surface area contributed by atoms with Gasteiger partial charge in [0.25, 0.3) is 0 Å². The molecule has 0 aromatic carbocycles. The Kier molecular flexibility index (Phi) is 2.06. The number of hydrogen-bond acceptors (Lipinski definition) is 3. The van der Waals surface area contributed by atoms with Crippen LogP contribution in [-0.4, -0.2) is 15.0 Å². The number of aryl methyl sites for hydroxylation is 1. The monoisotopic (exact) mass is 213 g/mol. The van der Waals surface area contributed by atoms with E-state index in [9.17, 15) is 0 Å². The first-order chi connectivity index (χ1) is 6.16. The second-order valence-electron chi connectivity index (χ2n) is 2.59. The number of hydrogen-bond donors (Lipinski definition) is 0. The van der Waals surface area contributed by atoms with E-state index >= 15 is 0 Å². The summed E-state index contributed by atoms with van der Waals surface area (Å²) in [6.07, 6.45) is 1.57. The average molecular weight is 214 g/mol. The van der Waals surface area contributed by atoms with Gasteiger partial charge in [0.1, 0.15) is 16.1 Å². The van der Waals surface area contributed by atoms with Crippen LogP contribution in [-0.2, 0) is 0 Å². The molecule has 2 heterocycles. The van der Waals surface area contributed by atoms with E-state index in [1.165, 1.54) is 0 Å². The molecule has 0 aliphatic carbocycles. The van der Waals surface area contributed by atoms with Crippen LogP contribution in [0.2, 0.25) is 10.3 Å². The summed E-state index contributed by atoms with van der Waals surface area (Å²) in [7, 11) is 0. The summed E-state index contributed by atoms with van der Waals surface area (Å²) in [4.78, 5) is 12.1. The van der Waals surface area contributed by atoms with Gasteiger partial charge in [-0.05, 0) is 6.92 Å². The highest BCUT2D eigenvalue weighted by molar-refractivity contribution is 6.34. The van der Waals surface area contributed by atoms with Crippen LogP contribution in [0.15, 0.2) is 12.3 Å². The number of pyridine rings is 1. The van der Waals surface area contributed by atoms with Crippen LogP contribution in [0.3, 0.4) is 0 Å². The Morgan fingerprint density at radius 3 is 2.77 bits per heavy atom. The molecule has 0 aliphatic rings. The predicted molar refractivity (Wildman–Crippen MR) is 52.1 cm³/mol. The van der Waals surface area contributed by atoms with Crippen LogP contribution >= 0.6 is 23.2 Å². The summed E-state index contributed by atoms with van der Waals surface area (Å²) in [5.41, 5.74) is 0.720. The maximum absolute atomic E-state index is 5.88. The highest BCUT2D eigenvalue weighted by atomic mass is 35.5. The first kappa shape index (κ1) is 8.66. The zero-order valence-corrected chi connectivity index (χ0v) is 8.26. The molecule has 0 N–H and O–H groups in total. The third-order valence-corrected chi connectivity index (χ3v) is 2.11. The molecule has 0 radical (unpaired) electrons. The Morgan fingerprint density at radius 1 is 1.23 bits per heavy atom. The molecular weight excluding hydrogens is 209 g/mol. The molecule has 0 spiro atoms. The lowest BCUT2D eigenvalue weighted by Crippen LogP contribution is -1.90. The van der Waals surface area contributed by atoms with E-state index in [2.05, 4.69) is 15.0 Å². The quantitative estimate of drug-likeness (QED) is 0.499. The Bertz CT molecular complexity index is 465. The largest absolute Gasteiger partial charge is 0.244 e. The topological polar surface area (TPSA) is 38.7 Å². The van der Waals surface area contributed by atoms with Gasteiger partial charge < -0.3 is 0 Å². The first-order valence-electron chi connectivity index (χ1n) is 3.62. The Labute approximate surface area is 84.7 Å². The summed E-state index contributed by atoms with van der Waals surface area (Å²) in [5.74, 6) is 0.625. The second kappa shape index (κ2) is 3.09. The molecule has 2 aromatic rings. The first-order valence-corrected chi connectivity index (χ1v) is 4.38. The van der Waals surface area contributed by atoms with Crippen LogP contribution in [0, 0.1) is 6.92 Å². The highest BCUT2D eigenvalue weighted by Crippen LogP contribution is 2.21. The minimum atomic E-state index is 0.404. The van der Waals surface area contributed by atoms with Crippen molar-refractivity contribution >= 4 is 34.1 Å². The van der Waals surface area contributed by atoms with E-state index in [4.69, 9.17) is 23.2 Å². The molecule has 0 amide bonds. The highest BCUT2D eigenvalue weighted by Gasteiger charge is 2.03. The van der Waals surface area contributed by atoms with Crippen molar-refractivity contribution in [2.24, 2.45) is 0 Å². The van der Waals surface area contributed by atoms with Crippen molar-refractivity contribution in [2.45, 2.75) is 6.92 Å². The van der Waals surface area contributed by atoms with Gasteiger partial charge in [0.05, 0.1) is 10.9 Å². The SMILES string of the molecule is Cc1nc(Cl)c2cnc(Cl)cc2n1. The van der Waals surface area contributed by atoms with Gasteiger partial charge in [0.15, 0.2) is 0 Å². The van der Waals surface area contributed by atoms with Gasteiger partial charge >= 0.3 is 0 Å². The van der Waals surface area contributed by atoms with Gasteiger partial charge in [-0.25, -0.2) is 15.0 Å². The van der Waals surface area contributed by atoms with Crippen molar-refractivity contribution in [1.82, 2.24) is 15.0 Å². The molecule has 0 fully saturated rings. The molecule has 2 aromatic heterocycles. The molecule has 0 unspecified atom stereocenters. The standard InChI is InChI=1S/C8H5Cl2N3/c1-4-12-6-2-7(9)11-3-5(6)8(10)13-4/h2-3H,1H3. The van der Waals surface area contributed by atoms with Gasteiger partial charge in [-0.2, -0.15) is 0 Å². The lowest BCUT2D eigenvalue weighted by Gasteiger charge is -2.00. The number of halogens is 2. The van der Waals surface area contributed by atoms with E-state index in [0.717, 1.165) is 10.9 Å². The fraction of sp³-hybridized carbons (Fsp3) is 0.125. The Balaban J connectivity index is 2.86. The fourth-order valence-electron chi connectivity index (χ4n) is 1.07. The third kappa shape index (κ3) is 1.57. The van der Waals surface area contributed by atoms with Gasteiger partial charge in [0, 0.05) is 12.3 Å². The van der Waals surface area contributed by atoms with Gasteiger partial charge in [-0.1, -0.05) is 23.2 Å². The molecule has 5 heteroatoms. The number of fused-ring (bicyclic) bond motifs is 1. The summed E-state index contributed by atoms with van der Waals surface area (Å²) in [6, 6.07) is 1.66. The van der Waals surface area contributed by atoms with Crippen LogP contribution in [0.5, 0.6) is 0 Å². The van der Waals surface area contributed by atoms with Crippen molar-refractivity contribution in [2.75, 3.05) is 0 Å². The van der Waals surface area contributed by atoms with Crippen molar-refractivity contribution in [3.8, 4) is 0 Å². The second-order valence-corrected chi connectivity index (χ2v) is 3.33. The summed E-state index contributed by atoms with van der Waals surface area (Å²) >= 11 is 11.6. The van der Waals surface area contributed by atoms with Crippen molar-refractivity contribution in [3.63, 3.8) is 0 Å². The third-order valence-electron chi connectivity index (χ3n) is 1.61. The average Bonchev–Trinajstić information content (AvgIpc) is 2.02. The molecule has 66 valence electrons. The lowest BCUT2D eigenvalue weighted by atomic mass is 10.3. The summed E-state index contributed by atoms with van der Waals surface area (Å²) in [6.45, 7) is 1.78. The van der Waals surface area contributed by atoms with Gasteiger partial charge in [0.2, 0.25) is 0 Å². The van der Waals surface area contributed by atoms with Crippen molar-refractivity contribution in [1.29, 1.82) is 0 Å². The van der Waals surface area contributed by atoms with Crippen molar-refractivity contribution < 1.29 is 0 Å². The molecule has 0 atom stereocenters. The van der Waals surface area contributed by atoms with Crippen LogP contribution in [0.1, 0.15) is 5.82 Å². The molecule has 0 saturated heterocycles. The molecule has 0 aliphatic heterocycles. The zero-order valence-electron chi connectivity index (χ0n) is 6.75.